The van der Waals surface area contributed by atoms with Crippen LogP contribution in [-0.4, -0.2) is 16.1 Å². The van der Waals surface area contributed by atoms with Crippen molar-refractivity contribution >= 4 is 39.9 Å². The van der Waals surface area contributed by atoms with Crippen LogP contribution in [0.25, 0.3) is 0 Å². The molecule has 0 unspecified atom stereocenters. The lowest BCUT2D eigenvalue weighted by atomic mass is 10.1. The smallest absolute Gasteiger partial charge is 0.337 e. The van der Waals surface area contributed by atoms with Crippen molar-refractivity contribution in [3.05, 3.63) is 51.4 Å². The third-order valence-electron chi connectivity index (χ3n) is 2.30. The molecule has 1 heterocycles. The van der Waals surface area contributed by atoms with Crippen molar-refractivity contribution in [2.75, 3.05) is 5.32 Å². The molecule has 0 radical (unpaired) electrons. The van der Waals surface area contributed by atoms with Crippen LogP contribution in [0.3, 0.4) is 0 Å². The van der Waals surface area contributed by atoms with E-state index in [4.69, 9.17) is 5.11 Å². The van der Waals surface area contributed by atoms with Crippen LogP contribution in [0.5, 0.6) is 0 Å². The van der Waals surface area contributed by atoms with Gasteiger partial charge in [-0.1, -0.05) is 0 Å². The topological polar surface area (TPSA) is 62.2 Å². The molecule has 0 aliphatic rings. The van der Waals surface area contributed by atoms with Gasteiger partial charge >= 0.3 is 5.97 Å². The van der Waals surface area contributed by atoms with E-state index < -0.39 is 23.3 Å². The highest BCUT2D eigenvalue weighted by molar-refractivity contribution is 14.1. The van der Waals surface area contributed by atoms with Gasteiger partial charge < -0.3 is 10.4 Å². The van der Waals surface area contributed by atoms with Crippen LogP contribution in [-0.2, 0) is 0 Å². The third-order valence-corrected chi connectivity index (χ3v) is 2.89. The molecule has 4 nitrogen and oxygen atoms in total. The summed E-state index contributed by atoms with van der Waals surface area (Å²) >= 11 is 2.00. The van der Waals surface area contributed by atoms with Gasteiger partial charge in [0.15, 0.2) is 11.6 Å². The van der Waals surface area contributed by atoms with E-state index >= 15 is 0 Å². The molecule has 0 fully saturated rings. The largest absolute Gasteiger partial charge is 0.478 e. The van der Waals surface area contributed by atoms with Gasteiger partial charge in [-0.2, -0.15) is 0 Å². The van der Waals surface area contributed by atoms with Gasteiger partial charge in [-0.25, -0.2) is 13.6 Å². The zero-order valence-corrected chi connectivity index (χ0v) is 11.5. The lowest BCUT2D eigenvalue weighted by Crippen LogP contribution is -2.06. The maximum absolute atomic E-state index is 13.7. The Morgan fingerprint density at radius 3 is 2.68 bits per heavy atom. The van der Waals surface area contributed by atoms with Gasteiger partial charge in [-0.3, -0.25) is 4.98 Å². The first-order valence-electron chi connectivity index (χ1n) is 5.08. The Kier molecular flexibility index (Phi) is 3.93. The number of aromatic carboxylic acids is 1. The van der Waals surface area contributed by atoms with Gasteiger partial charge in [0.25, 0.3) is 0 Å². The van der Waals surface area contributed by atoms with Gasteiger partial charge in [-0.15, -0.1) is 0 Å². The zero-order chi connectivity index (χ0) is 14.0. The monoisotopic (exact) mass is 376 g/mol. The summed E-state index contributed by atoms with van der Waals surface area (Å²) in [6, 6.07) is 3.41. The second-order valence-electron chi connectivity index (χ2n) is 3.61. The van der Waals surface area contributed by atoms with Gasteiger partial charge in [-0.05, 0) is 40.8 Å². The van der Waals surface area contributed by atoms with E-state index in [0.717, 1.165) is 15.7 Å². The lowest BCUT2D eigenvalue weighted by molar-refractivity contribution is 0.0697. The Bertz CT molecular complexity index is 650. The lowest BCUT2D eigenvalue weighted by Gasteiger charge is -2.11. The van der Waals surface area contributed by atoms with E-state index in [1.54, 1.807) is 12.3 Å². The average Bonchev–Trinajstić information content (AvgIpc) is 2.35. The van der Waals surface area contributed by atoms with Crippen LogP contribution in [0, 0.1) is 15.2 Å². The standard InChI is InChI=1S/C12H7F2IN2O2/c13-9-2-1-8(12(18)19)11(10(9)14)17-7-3-6(15)4-16-5-7/h1-5,17H,(H,18,19). The number of nitrogens with one attached hydrogen (secondary N) is 1. The first-order chi connectivity index (χ1) is 8.99. The van der Waals surface area contributed by atoms with Crippen molar-refractivity contribution < 1.29 is 18.7 Å². The van der Waals surface area contributed by atoms with E-state index in [1.807, 2.05) is 22.6 Å². The number of hydrogen-bond acceptors (Lipinski definition) is 3. The molecule has 0 saturated heterocycles. The predicted octanol–water partition coefficient (Wildman–Crippen LogP) is 3.41. The minimum absolute atomic E-state index is 0.349. The van der Waals surface area contributed by atoms with Crippen molar-refractivity contribution in [3.8, 4) is 0 Å². The average molecular weight is 376 g/mol. The first kappa shape index (κ1) is 13.7. The van der Waals surface area contributed by atoms with E-state index in [-0.39, 0.29) is 5.56 Å². The Morgan fingerprint density at radius 2 is 2.05 bits per heavy atom. The minimum Gasteiger partial charge on any atom is -0.478 e. The molecular weight excluding hydrogens is 369 g/mol. The van der Waals surface area contributed by atoms with Crippen molar-refractivity contribution in [2.24, 2.45) is 0 Å². The second kappa shape index (κ2) is 5.47. The highest BCUT2D eigenvalue weighted by Gasteiger charge is 2.18. The fraction of sp³-hybridized carbons (Fsp3) is 0. The van der Waals surface area contributed by atoms with Crippen LogP contribution in [0.1, 0.15) is 10.4 Å². The van der Waals surface area contributed by atoms with Crippen LogP contribution in [0.4, 0.5) is 20.2 Å². The number of nitrogens with zero attached hydrogens (tertiary/aromatic N) is 1. The predicted molar refractivity (Wildman–Crippen MR) is 73.6 cm³/mol. The van der Waals surface area contributed by atoms with Crippen LogP contribution in [0.15, 0.2) is 30.6 Å². The summed E-state index contributed by atoms with van der Waals surface area (Å²) in [5.74, 6) is -3.70. The number of anilines is 2. The molecule has 1 aromatic carbocycles. The Labute approximate surface area is 120 Å². The summed E-state index contributed by atoms with van der Waals surface area (Å²) < 4.78 is 27.6. The number of aromatic nitrogens is 1. The van der Waals surface area contributed by atoms with E-state index in [2.05, 4.69) is 10.3 Å². The molecule has 1 aromatic heterocycles. The quantitative estimate of drug-likeness (QED) is 0.807. The molecule has 2 aromatic rings. The van der Waals surface area contributed by atoms with Crippen molar-refractivity contribution in [2.45, 2.75) is 0 Å². The number of benzene rings is 1. The number of rotatable bonds is 3. The molecule has 98 valence electrons. The number of carboxylic acid groups (broad SMARTS) is 1. The zero-order valence-electron chi connectivity index (χ0n) is 9.32. The summed E-state index contributed by atoms with van der Waals surface area (Å²) in [4.78, 5) is 14.9. The normalized spacial score (nSPS) is 10.3. The number of carboxylic acids is 1. The molecule has 0 bridgehead atoms. The maximum Gasteiger partial charge on any atom is 0.337 e. The molecule has 0 spiro atoms. The van der Waals surface area contributed by atoms with Crippen LogP contribution >= 0.6 is 22.6 Å². The Morgan fingerprint density at radius 1 is 1.32 bits per heavy atom. The highest BCUT2D eigenvalue weighted by atomic mass is 127. The molecule has 2 N–H and O–H groups in total. The Hall–Kier alpha value is -1.77. The maximum atomic E-state index is 13.7. The number of halogens is 3. The minimum atomic E-state index is -1.35. The van der Waals surface area contributed by atoms with Gasteiger partial charge in [0.05, 0.1) is 23.1 Å². The first-order valence-corrected chi connectivity index (χ1v) is 6.16. The molecule has 0 atom stereocenters. The SMILES string of the molecule is O=C(O)c1ccc(F)c(F)c1Nc1cncc(I)c1. The van der Waals surface area contributed by atoms with E-state index in [9.17, 15) is 13.6 Å². The number of hydrogen-bond donors (Lipinski definition) is 2. The summed E-state index contributed by atoms with van der Waals surface area (Å²) in [6.45, 7) is 0. The summed E-state index contributed by atoms with van der Waals surface area (Å²) in [7, 11) is 0. The number of pyridine rings is 1. The molecule has 2 rings (SSSR count). The fourth-order valence-corrected chi connectivity index (χ4v) is 1.97. The molecule has 7 heteroatoms. The molecule has 0 aliphatic carbocycles. The van der Waals surface area contributed by atoms with Crippen molar-refractivity contribution in [3.63, 3.8) is 0 Å². The molecular formula is C12H7F2IN2O2. The van der Waals surface area contributed by atoms with Gasteiger partial charge in [0.1, 0.15) is 0 Å². The van der Waals surface area contributed by atoms with Crippen molar-refractivity contribution in [1.29, 1.82) is 0 Å². The van der Waals surface area contributed by atoms with Gasteiger partial charge in [0.2, 0.25) is 0 Å². The molecule has 0 amide bonds. The molecule has 0 aliphatic heterocycles. The molecule has 19 heavy (non-hydrogen) atoms. The fourth-order valence-electron chi connectivity index (χ4n) is 1.48. The summed E-state index contributed by atoms with van der Waals surface area (Å²) in [6.07, 6.45) is 2.96. The second-order valence-corrected chi connectivity index (χ2v) is 4.85. The summed E-state index contributed by atoms with van der Waals surface area (Å²) in [5, 5.41) is 11.5. The van der Waals surface area contributed by atoms with E-state index in [0.29, 0.717) is 5.69 Å². The summed E-state index contributed by atoms with van der Waals surface area (Å²) in [5.41, 5.74) is -0.395. The van der Waals surface area contributed by atoms with Crippen molar-refractivity contribution in [1.82, 2.24) is 4.98 Å². The third kappa shape index (κ3) is 2.98. The number of carbonyl (C=O) groups is 1. The Balaban J connectivity index is 2.49. The van der Waals surface area contributed by atoms with Gasteiger partial charge in [0, 0.05) is 9.77 Å². The van der Waals surface area contributed by atoms with Crippen LogP contribution < -0.4 is 5.32 Å². The van der Waals surface area contributed by atoms with E-state index in [1.165, 1.54) is 6.20 Å². The van der Waals surface area contributed by atoms with Crippen LogP contribution in [0.2, 0.25) is 0 Å². The highest BCUT2D eigenvalue weighted by Crippen LogP contribution is 2.26. The molecule has 0 saturated carbocycles.